The molecule has 1 N–H and O–H groups in total. The molecule has 0 radical (unpaired) electrons. The molecule has 1 amide bonds. The Morgan fingerprint density at radius 2 is 2.26 bits per heavy atom. The number of esters is 1. The first kappa shape index (κ1) is 17.5. The van der Waals surface area contributed by atoms with Gasteiger partial charge in [0.25, 0.3) is 0 Å². The minimum atomic E-state index is -0.321. The maximum atomic E-state index is 12.3. The molecule has 5 heteroatoms. The number of amides is 1. The number of hydrogen-bond acceptors (Lipinski definition) is 4. The molecule has 1 aliphatic heterocycles. The van der Waals surface area contributed by atoms with Gasteiger partial charge in [0.05, 0.1) is 6.61 Å². The summed E-state index contributed by atoms with van der Waals surface area (Å²) in [6.45, 7) is 6.87. The smallest absolute Gasteiger partial charge is 0.334 e. The molecular weight excluding hydrogens is 294 g/mol. The second-order valence-electron chi connectivity index (χ2n) is 6.07. The third kappa shape index (κ3) is 4.55. The van der Waals surface area contributed by atoms with Crippen LogP contribution < -0.4 is 5.32 Å². The maximum absolute atomic E-state index is 12.3. The van der Waals surface area contributed by atoms with Crippen molar-refractivity contribution in [3.63, 3.8) is 0 Å². The van der Waals surface area contributed by atoms with Crippen molar-refractivity contribution in [2.24, 2.45) is 5.92 Å². The Morgan fingerprint density at radius 1 is 1.48 bits per heavy atom. The molecule has 5 nitrogen and oxygen atoms in total. The molecule has 0 bridgehead atoms. The Bertz CT molecular complexity index is 547. The first-order chi connectivity index (χ1) is 11.0. The van der Waals surface area contributed by atoms with Crippen molar-refractivity contribution in [2.75, 3.05) is 20.3 Å². The third-order valence-electron chi connectivity index (χ3n) is 4.34. The van der Waals surface area contributed by atoms with Crippen LogP contribution in [0.2, 0.25) is 0 Å². The number of carbonyl (C=O) groups excluding carboxylic acids is 2. The summed E-state index contributed by atoms with van der Waals surface area (Å²) in [5, 5.41) is 2.86. The SMILES string of the molecule is C=C1C(=O)O[C@H]2C=C(C)CC/C=C(/C(=O)NCCOC)CC[C@H]12. The van der Waals surface area contributed by atoms with Crippen LogP contribution in [-0.2, 0) is 19.1 Å². The molecule has 2 atom stereocenters. The van der Waals surface area contributed by atoms with E-state index in [1.807, 2.05) is 19.1 Å². The van der Waals surface area contributed by atoms with Gasteiger partial charge in [-0.05, 0) is 38.7 Å². The van der Waals surface area contributed by atoms with E-state index >= 15 is 0 Å². The average Bonchev–Trinajstić information content (AvgIpc) is 2.77. The van der Waals surface area contributed by atoms with E-state index in [1.165, 1.54) is 5.57 Å². The lowest BCUT2D eigenvalue weighted by atomic mass is 9.87. The molecule has 0 aromatic rings. The van der Waals surface area contributed by atoms with Gasteiger partial charge in [-0.25, -0.2) is 4.79 Å². The molecule has 1 saturated heterocycles. The highest BCUT2D eigenvalue weighted by Gasteiger charge is 2.37. The van der Waals surface area contributed by atoms with E-state index in [4.69, 9.17) is 9.47 Å². The van der Waals surface area contributed by atoms with Gasteiger partial charge in [-0.1, -0.05) is 18.2 Å². The number of nitrogens with one attached hydrogen (secondary N) is 1. The molecule has 0 unspecified atom stereocenters. The lowest BCUT2D eigenvalue weighted by Gasteiger charge is -2.18. The molecule has 2 rings (SSSR count). The number of ether oxygens (including phenoxy) is 2. The highest BCUT2D eigenvalue weighted by Crippen LogP contribution is 2.34. The van der Waals surface area contributed by atoms with Crippen LogP contribution in [0.15, 0.2) is 35.5 Å². The van der Waals surface area contributed by atoms with Gasteiger partial charge in [0.15, 0.2) is 0 Å². The van der Waals surface area contributed by atoms with Gasteiger partial charge >= 0.3 is 5.97 Å². The molecule has 126 valence electrons. The molecule has 0 aromatic carbocycles. The van der Waals surface area contributed by atoms with E-state index in [0.717, 1.165) is 18.4 Å². The molecule has 0 saturated carbocycles. The van der Waals surface area contributed by atoms with Crippen LogP contribution in [0, 0.1) is 5.92 Å². The number of hydrogen-bond donors (Lipinski definition) is 1. The van der Waals surface area contributed by atoms with Gasteiger partial charge in [0.1, 0.15) is 6.10 Å². The summed E-state index contributed by atoms with van der Waals surface area (Å²) in [6, 6.07) is 0. The summed E-state index contributed by atoms with van der Waals surface area (Å²) in [7, 11) is 1.60. The number of fused-ring (bicyclic) bond motifs is 1. The van der Waals surface area contributed by atoms with Gasteiger partial charge < -0.3 is 14.8 Å². The standard InChI is InChI=1S/C18H25NO4/c1-12-5-4-6-14(17(20)19-9-10-22-3)7-8-15-13(2)18(21)23-16(15)11-12/h6,11,15-16H,2,4-5,7-10H2,1,3H3,(H,19,20)/b12-11?,14-6+/t15-,16+/m1/s1. The second kappa shape index (κ2) is 8.11. The van der Waals surface area contributed by atoms with Crippen molar-refractivity contribution in [2.45, 2.75) is 38.7 Å². The fraction of sp³-hybridized carbons (Fsp3) is 0.556. The van der Waals surface area contributed by atoms with Crippen LogP contribution in [0.3, 0.4) is 0 Å². The summed E-state index contributed by atoms with van der Waals surface area (Å²) in [6.07, 6.45) is 6.73. The van der Waals surface area contributed by atoms with Gasteiger partial charge in [-0.15, -0.1) is 0 Å². The number of carbonyl (C=O) groups is 2. The van der Waals surface area contributed by atoms with Crippen molar-refractivity contribution in [1.82, 2.24) is 5.32 Å². The zero-order chi connectivity index (χ0) is 16.8. The van der Waals surface area contributed by atoms with Crippen LogP contribution >= 0.6 is 0 Å². The van der Waals surface area contributed by atoms with Crippen molar-refractivity contribution < 1.29 is 19.1 Å². The highest BCUT2D eigenvalue weighted by molar-refractivity contribution is 5.93. The molecule has 1 fully saturated rings. The van der Waals surface area contributed by atoms with E-state index in [2.05, 4.69) is 11.9 Å². The molecular formula is C18H25NO4. The predicted octanol–water partition coefficient (Wildman–Crippen LogP) is 2.29. The van der Waals surface area contributed by atoms with E-state index < -0.39 is 0 Å². The Labute approximate surface area is 137 Å². The lowest BCUT2D eigenvalue weighted by molar-refractivity contribution is -0.137. The quantitative estimate of drug-likeness (QED) is 0.374. The first-order valence-electron chi connectivity index (χ1n) is 8.06. The number of rotatable bonds is 4. The molecule has 0 aromatic heterocycles. The number of methoxy groups -OCH3 is 1. The van der Waals surface area contributed by atoms with E-state index in [-0.39, 0.29) is 23.9 Å². The lowest BCUT2D eigenvalue weighted by Crippen LogP contribution is -2.29. The summed E-state index contributed by atoms with van der Waals surface area (Å²) < 4.78 is 10.4. The van der Waals surface area contributed by atoms with E-state index in [0.29, 0.717) is 31.6 Å². The Morgan fingerprint density at radius 3 is 3.00 bits per heavy atom. The fourth-order valence-electron chi connectivity index (χ4n) is 2.96. The average molecular weight is 319 g/mol. The Balaban J connectivity index is 2.10. The van der Waals surface area contributed by atoms with Crippen molar-refractivity contribution in [1.29, 1.82) is 0 Å². The van der Waals surface area contributed by atoms with Crippen molar-refractivity contribution in [3.8, 4) is 0 Å². The van der Waals surface area contributed by atoms with Crippen molar-refractivity contribution in [3.05, 3.63) is 35.5 Å². The minimum absolute atomic E-state index is 0.0503. The zero-order valence-electron chi connectivity index (χ0n) is 13.9. The monoisotopic (exact) mass is 319 g/mol. The predicted molar refractivity (Wildman–Crippen MR) is 87.7 cm³/mol. The number of allylic oxidation sites excluding steroid dienone is 2. The summed E-state index contributed by atoms with van der Waals surface area (Å²) in [4.78, 5) is 24.1. The summed E-state index contributed by atoms with van der Waals surface area (Å²) in [5.41, 5.74) is 2.44. The van der Waals surface area contributed by atoms with Gasteiger partial charge in [0.2, 0.25) is 5.91 Å². The van der Waals surface area contributed by atoms with Crippen LogP contribution in [-0.4, -0.2) is 38.2 Å². The minimum Gasteiger partial charge on any atom is -0.454 e. The largest absolute Gasteiger partial charge is 0.454 e. The molecule has 1 aliphatic carbocycles. The zero-order valence-corrected chi connectivity index (χ0v) is 13.9. The highest BCUT2D eigenvalue weighted by atomic mass is 16.5. The van der Waals surface area contributed by atoms with Crippen LogP contribution in [0.25, 0.3) is 0 Å². The fourth-order valence-corrected chi connectivity index (χ4v) is 2.96. The van der Waals surface area contributed by atoms with Crippen LogP contribution in [0.1, 0.15) is 32.6 Å². The van der Waals surface area contributed by atoms with Gasteiger partial charge in [-0.3, -0.25) is 4.79 Å². The molecule has 23 heavy (non-hydrogen) atoms. The summed E-state index contributed by atoms with van der Waals surface area (Å²) >= 11 is 0. The van der Waals surface area contributed by atoms with Crippen LogP contribution in [0.5, 0.6) is 0 Å². The summed E-state index contributed by atoms with van der Waals surface area (Å²) in [5.74, 6) is -0.430. The second-order valence-corrected chi connectivity index (χ2v) is 6.07. The van der Waals surface area contributed by atoms with Crippen molar-refractivity contribution >= 4 is 11.9 Å². The normalized spacial score (nSPS) is 27.4. The van der Waals surface area contributed by atoms with Gasteiger partial charge in [0, 0.05) is 30.7 Å². The first-order valence-corrected chi connectivity index (χ1v) is 8.06. The van der Waals surface area contributed by atoms with Gasteiger partial charge in [-0.2, -0.15) is 0 Å². The van der Waals surface area contributed by atoms with Crippen LogP contribution in [0.4, 0.5) is 0 Å². The maximum Gasteiger partial charge on any atom is 0.334 e. The molecule has 2 aliphatic rings. The van der Waals surface area contributed by atoms with E-state index in [9.17, 15) is 9.59 Å². The Hall–Kier alpha value is -1.88. The third-order valence-corrected chi connectivity index (χ3v) is 4.34. The molecule has 0 spiro atoms. The Kier molecular flexibility index (Phi) is 6.16. The topological polar surface area (TPSA) is 64.6 Å². The molecule has 1 heterocycles. The van der Waals surface area contributed by atoms with E-state index in [1.54, 1.807) is 7.11 Å².